The summed E-state index contributed by atoms with van der Waals surface area (Å²) >= 11 is 3.66. The van der Waals surface area contributed by atoms with E-state index >= 15 is 0 Å². The molecule has 1 fully saturated rings. The molecule has 0 unspecified atom stereocenters. The molecule has 20 heavy (non-hydrogen) atoms. The van der Waals surface area contributed by atoms with Gasteiger partial charge >= 0.3 is 0 Å². The van der Waals surface area contributed by atoms with Crippen molar-refractivity contribution >= 4 is 15.9 Å². The average Bonchev–Trinajstić information content (AvgIpc) is 2.65. The summed E-state index contributed by atoms with van der Waals surface area (Å²) in [7, 11) is 0. The largest absolute Gasteiger partial charge is 0.489 e. The molecule has 0 aromatic heterocycles. The first kappa shape index (κ1) is 14.2. The van der Waals surface area contributed by atoms with Gasteiger partial charge in [-0.05, 0) is 46.8 Å². The second-order valence-corrected chi connectivity index (χ2v) is 6.64. The van der Waals surface area contributed by atoms with E-state index in [0.717, 1.165) is 42.0 Å². The van der Waals surface area contributed by atoms with Gasteiger partial charge in [-0.15, -0.1) is 0 Å². The van der Waals surface area contributed by atoms with Crippen LogP contribution in [0, 0.1) is 0 Å². The van der Waals surface area contributed by atoms with E-state index in [2.05, 4.69) is 28.9 Å². The molecule has 0 bridgehead atoms. The third kappa shape index (κ3) is 2.13. The van der Waals surface area contributed by atoms with E-state index in [9.17, 15) is 0 Å². The Bertz CT molecular complexity index is 506. The number of halogens is 1. The van der Waals surface area contributed by atoms with Crippen molar-refractivity contribution in [2.45, 2.75) is 44.4 Å². The van der Waals surface area contributed by atoms with Gasteiger partial charge in [0.05, 0.1) is 17.7 Å². The summed E-state index contributed by atoms with van der Waals surface area (Å²) < 4.78 is 12.9. The van der Waals surface area contributed by atoms with Gasteiger partial charge in [0.1, 0.15) is 0 Å². The molecule has 1 heterocycles. The fourth-order valence-electron chi connectivity index (χ4n) is 3.35. The summed E-state index contributed by atoms with van der Waals surface area (Å²) in [6.07, 6.45) is 5.52. The predicted octanol–water partition coefficient (Wildman–Crippen LogP) is 3.55. The van der Waals surface area contributed by atoms with Gasteiger partial charge < -0.3 is 15.2 Å². The Morgan fingerprint density at radius 3 is 2.45 bits per heavy atom. The van der Waals surface area contributed by atoms with Crippen molar-refractivity contribution in [1.29, 1.82) is 0 Å². The van der Waals surface area contributed by atoms with Crippen molar-refractivity contribution in [3.63, 3.8) is 0 Å². The molecule has 2 aliphatic rings. The van der Waals surface area contributed by atoms with Crippen LogP contribution in [0.4, 0.5) is 0 Å². The van der Waals surface area contributed by atoms with Crippen LogP contribution in [0.25, 0.3) is 0 Å². The summed E-state index contributed by atoms with van der Waals surface area (Å²) in [5, 5.41) is 0. The molecule has 1 aliphatic heterocycles. The lowest BCUT2D eigenvalue weighted by molar-refractivity contribution is 0.248. The minimum atomic E-state index is 0.151. The van der Waals surface area contributed by atoms with Gasteiger partial charge in [0.15, 0.2) is 11.5 Å². The van der Waals surface area contributed by atoms with Gasteiger partial charge in [-0.3, -0.25) is 0 Å². The maximum absolute atomic E-state index is 6.09. The fraction of sp³-hybridized carbons (Fsp3) is 0.625. The Balaban J connectivity index is 2.16. The van der Waals surface area contributed by atoms with E-state index in [0.29, 0.717) is 6.54 Å². The molecule has 0 amide bonds. The highest BCUT2D eigenvalue weighted by atomic mass is 79.9. The highest BCUT2D eigenvalue weighted by molar-refractivity contribution is 9.10. The molecule has 0 spiro atoms. The van der Waals surface area contributed by atoms with Crippen molar-refractivity contribution in [2.24, 2.45) is 5.73 Å². The first-order valence-electron chi connectivity index (χ1n) is 7.53. The lowest BCUT2D eigenvalue weighted by Crippen LogP contribution is -2.42. The van der Waals surface area contributed by atoms with Gasteiger partial charge in [0.2, 0.25) is 0 Å². The van der Waals surface area contributed by atoms with Gasteiger partial charge in [0.25, 0.3) is 0 Å². The van der Waals surface area contributed by atoms with Crippen LogP contribution in [-0.2, 0) is 11.8 Å². The normalized spacial score (nSPS) is 20.1. The molecular formula is C16H22BrNO2. The Labute approximate surface area is 129 Å². The highest BCUT2D eigenvalue weighted by Gasteiger charge is 2.40. The Morgan fingerprint density at radius 1 is 1.20 bits per heavy atom. The topological polar surface area (TPSA) is 44.5 Å². The maximum Gasteiger partial charge on any atom is 0.175 e. The average molecular weight is 340 g/mol. The first-order valence-corrected chi connectivity index (χ1v) is 8.32. The molecule has 1 aliphatic carbocycles. The lowest BCUT2D eigenvalue weighted by atomic mass is 9.63. The van der Waals surface area contributed by atoms with Crippen LogP contribution in [0.3, 0.4) is 0 Å². The van der Waals surface area contributed by atoms with E-state index in [-0.39, 0.29) is 5.41 Å². The molecule has 3 nitrogen and oxygen atoms in total. The van der Waals surface area contributed by atoms with E-state index in [1.165, 1.54) is 30.4 Å². The number of ether oxygens (including phenoxy) is 2. The highest BCUT2D eigenvalue weighted by Crippen LogP contribution is 2.50. The summed E-state index contributed by atoms with van der Waals surface area (Å²) in [6.45, 7) is 4.35. The number of benzene rings is 1. The van der Waals surface area contributed by atoms with E-state index in [1.807, 2.05) is 0 Å². The van der Waals surface area contributed by atoms with Gasteiger partial charge in [-0.1, -0.05) is 13.3 Å². The monoisotopic (exact) mass is 339 g/mol. The second kappa shape index (κ2) is 5.57. The van der Waals surface area contributed by atoms with E-state index in [4.69, 9.17) is 15.2 Å². The molecule has 0 radical (unpaired) electrons. The predicted molar refractivity (Wildman–Crippen MR) is 83.7 cm³/mol. The summed E-state index contributed by atoms with van der Waals surface area (Å²) in [5.41, 5.74) is 8.90. The maximum atomic E-state index is 6.09. The molecule has 1 aromatic carbocycles. The Morgan fingerprint density at radius 2 is 1.90 bits per heavy atom. The van der Waals surface area contributed by atoms with Gasteiger partial charge in [-0.25, -0.2) is 0 Å². The minimum absolute atomic E-state index is 0.151. The van der Waals surface area contributed by atoms with Crippen molar-refractivity contribution in [2.75, 3.05) is 19.8 Å². The molecule has 0 saturated heterocycles. The van der Waals surface area contributed by atoms with Crippen LogP contribution in [0.5, 0.6) is 11.5 Å². The Hall–Kier alpha value is -0.740. The van der Waals surface area contributed by atoms with Crippen LogP contribution in [0.2, 0.25) is 0 Å². The van der Waals surface area contributed by atoms with Crippen molar-refractivity contribution in [3.05, 3.63) is 21.7 Å². The quantitative estimate of drug-likeness (QED) is 0.915. The number of hydrogen-bond acceptors (Lipinski definition) is 3. The van der Waals surface area contributed by atoms with Crippen LogP contribution < -0.4 is 15.2 Å². The molecule has 3 rings (SSSR count). The number of nitrogens with two attached hydrogens (primary N) is 1. The summed E-state index contributed by atoms with van der Waals surface area (Å²) in [4.78, 5) is 0. The number of hydrogen-bond donors (Lipinski definition) is 1. The zero-order valence-electron chi connectivity index (χ0n) is 12.0. The molecule has 4 heteroatoms. The van der Waals surface area contributed by atoms with Crippen molar-refractivity contribution in [3.8, 4) is 11.5 Å². The zero-order valence-corrected chi connectivity index (χ0v) is 13.6. The summed E-state index contributed by atoms with van der Waals surface area (Å²) in [5.74, 6) is 1.81. The van der Waals surface area contributed by atoms with Gasteiger partial charge in [0, 0.05) is 23.9 Å². The van der Waals surface area contributed by atoms with Gasteiger partial charge in [-0.2, -0.15) is 0 Å². The zero-order chi connectivity index (χ0) is 14.2. The smallest absolute Gasteiger partial charge is 0.175 e. The third-order valence-corrected chi connectivity index (χ3v) is 5.29. The van der Waals surface area contributed by atoms with E-state index < -0.39 is 0 Å². The molecule has 2 N–H and O–H groups in total. The number of rotatable bonds is 3. The number of fused-ring (bicyclic) bond motifs is 1. The molecule has 1 aromatic rings. The van der Waals surface area contributed by atoms with Crippen molar-refractivity contribution < 1.29 is 9.47 Å². The van der Waals surface area contributed by atoms with Crippen LogP contribution in [-0.4, -0.2) is 19.8 Å². The Kier molecular flexibility index (Phi) is 3.95. The third-order valence-electron chi connectivity index (χ3n) is 4.70. The van der Waals surface area contributed by atoms with Crippen molar-refractivity contribution in [1.82, 2.24) is 0 Å². The standard InChI is InChI=1S/C16H22BrNO2/c1-2-11-12(16(10-18)5-3-6-16)9-13(17)15-14(11)19-7-4-8-20-15/h9H,2-8,10,18H2,1H3. The molecule has 1 saturated carbocycles. The van der Waals surface area contributed by atoms with E-state index in [1.54, 1.807) is 0 Å². The van der Waals surface area contributed by atoms with Crippen LogP contribution >= 0.6 is 15.9 Å². The fourth-order valence-corrected chi connectivity index (χ4v) is 3.88. The molecule has 110 valence electrons. The second-order valence-electron chi connectivity index (χ2n) is 5.78. The minimum Gasteiger partial charge on any atom is -0.489 e. The molecular weight excluding hydrogens is 318 g/mol. The molecule has 0 atom stereocenters. The van der Waals surface area contributed by atoms with Crippen LogP contribution in [0.1, 0.15) is 43.7 Å². The van der Waals surface area contributed by atoms with Crippen LogP contribution in [0.15, 0.2) is 10.5 Å². The summed E-state index contributed by atoms with van der Waals surface area (Å²) in [6, 6.07) is 2.22. The SMILES string of the molecule is CCc1c(C2(CN)CCC2)cc(Br)c2c1OCCCO2. The lowest BCUT2D eigenvalue weighted by Gasteiger charge is -2.43. The first-order chi connectivity index (χ1) is 9.72.